The van der Waals surface area contributed by atoms with Gasteiger partial charge in [0.2, 0.25) is 5.88 Å². The van der Waals surface area contributed by atoms with Crippen molar-refractivity contribution >= 4 is 11.5 Å². The molecule has 2 aromatic carbocycles. The predicted octanol–water partition coefficient (Wildman–Crippen LogP) is 4.10. The minimum Gasteiger partial charge on any atom is -0.462 e. The second kappa shape index (κ2) is 7.79. The summed E-state index contributed by atoms with van der Waals surface area (Å²) in [7, 11) is 0. The highest BCUT2D eigenvalue weighted by molar-refractivity contribution is 5.89. The van der Waals surface area contributed by atoms with Crippen LogP contribution in [0, 0.1) is 11.3 Å². The van der Waals surface area contributed by atoms with Crippen LogP contribution in [0.25, 0.3) is 5.57 Å². The first kappa shape index (κ1) is 18.3. The van der Waals surface area contributed by atoms with Gasteiger partial charge in [-0.1, -0.05) is 42.5 Å². The first-order valence-electron chi connectivity index (χ1n) is 8.67. The van der Waals surface area contributed by atoms with Crippen LogP contribution in [-0.4, -0.2) is 12.6 Å². The van der Waals surface area contributed by atoms with Crippen LogP contribution in [0.5, 0.6) is 0 Å². The lowest BCUT2D eigenvalue weighted by molar-refractivity contribution is 0.0526. The SMILES string of the molecule is CCOC(=O)c1ccc([C@@H]2C(C#N)=C(N)OC(C)=C2c2ccccc2)cc1. The van der Waals surface area contributed by atoms with E-state index >= 15 is 0 Å². The highest BCUT2D eigenvalue weighted by atomic mass is 16.5. The third-order valence-corrected chi connectivity index (χ3v) is 4.45. The Hall–Kier alpha value is -3.52. The number of rotatable bonds is 4. The molecule has 1 heterocycles. The van der Waals surface area contributed by atoms with Crippen molar-refractivity contribution in [2.45, 2.75) is 19.8 Å². The molecular weight excluding hydrogens is 340 g/mol. The van der Waals surface area contributed by atoms with Gasteiger partial charge in [0.25, 0.3) is 0 Å². The molecule has 1 aliphatic rings. The van der Waals surface area contributed by atoms with Crippen LogP contribution in [0.15, 0.2) is 71.8 Å². The van der Waals surface area contributed by atoms with E-state index in [1.807, 2.05) is 49.4 Å². The summed E-state index contributed by atoms with van der Waals surface area (Å²) in [5, 5.41) is 9.69. The zero-order chi connectivity index (χ0) is 19.4. The quantitative estimate of drug-likeness (QED) is 0.830. The molecule has 0 bridgehead atoms. The Morgan fingerprint density at radius 3 is 2.44 bits per heavy atom. The number of nitriles is 1. The largest absolute Gasteiger partial charge is 0.462 e. The maximum Gasteiger partial charge on any atom is 0.338 e. The van der Waals surface area contributed by atoms with E-state index in [4.69, 9.17) is 15.2 Å². The Bertz CT molecular complexity index is 951. The second-order valence-electron chi connectivity index (χ2n) is 6.10. The summed E-state index contributed by atoms with van der Waals surface area (Å²) in [6.07, 6.45) is 0. The van der Waals surface area contributed by atoms with Gasteiger partial charge in [-0.15, -0.1) is 0 Å². The molecule has 0 saturated heterocycles. The molecule has 0 spiro atoms. The van der Waals surface area contributed by atoms with Crippen LogP contribution in [0.4, 0.5) is 0 Å². The Labute approximate surface area is 158 Å². The van der Waals surface area contributed by atoms with Crippen LogP contribution >= 0.6 is 0 Å². The number of esters is 1. The van der Waals surface area contributed by atoms with E-state index in [9.17, 15) is 10.1 Å². The number of benzene rings is 2. The van der Waals surface area contributed by atoms with Gasteiger partial charge < -0.3 is 15.2 Å². The number of carbonyl (C=O) groups is 1. The molecule has 1 atom stereocenters. The highest BCUT2D eigenvalue weighted by Gasteiger charge is 2.32. The molecule has 1 aliphatic heterocycles. The maximum atomic E-state index is 11.9. The van der Waals surface area contributed by atoms with Crippen molar-refractivity contribution in [3.8, 4) is 6.07 Å². The molecule has 136 valence electrons. The van der Waals surface area contributed by atoms with Crippen molar-refractivity contribution in [2.24, 2.45) is 5.73 Å². The molecular formula is C22H20N2O3. The number of nitrogens with zero attached hydrogens (tertiary/aromatic N) is 1. The molecule has 0 radical (unpaired) electrons. The van der Waals surface area contributed by atoms with Crippen LogP contribution in [0.3, 0.4) is 0 Å². The van der Waals surface area contributed by atoms with E-state index in [1.54, 1.807) is 19.1 Å². The first-order chi connectivity index (χ1) is 13.1. The molecule has 3 rings (SSSR count). The number of hydrogen-bond donors (Lipinski definition) is 1. The molecule has 2 N–H and O–H groups in total. The topological polar surface area (TPSA) is 85.3 Å². The van der Waals surface area contributed by atoms with E-state index in [-0.39, 0.29) is 17.8 Å². The normalized spacial score (nSPS) is 16.6. The monoisotopic (exact) mass is 360 g/mol. The molecule has 0 fully saturated rings. The van der Waals surface area contributed by atoms with Gasteiger partial charge in [-0.25, -0.2) is 4.79 Å². The zero-order valence-electron chi connectivity index (χ0n) is 15.2. The van der Waals surface area contributed by atoms with Crippen LogP contribution < -0.4 is 5.73 Å². The third kappa shape index (κ3) is 3.56. The average Bonchev–Trinajstić information content (AvgIpc) is 2.68. The number of hydrogen-bond acceptors (Lipinski definition) is 5. The van der Waals surface area contributed by atoms with Crippen molar-refractivity contribution in [3.63, 3.8) is 0 Å². The average molecular weight is 360 g/mol. The fourth-order valence-corrected chi connectivity index (χ4v) is 3.23. The summed E-state index contributed by atoms with van der Waals surface area (Å²) in [6.45, 7) is 3.92. The van der Waals surface area contributed by atoms with Crippen molar-refractivity contribution in [1.82, 2.24) is 0 Å². The Kier molecular flexibility index (Phi) is 5.28. The molecule has 2 aromatic rings. The van der Waals surface area contributed by atoms with E-state index in [2.05, 4.69) is 6.07 Å². The van der Waals surface area contributed by atoms with Crippen molar-refractivity contribution in [1.29, 1.82) is 5.26 Å². The number of allylic oxidation sites excluding steroid dienone is 3. The lowest BCUT2D eigenvalue weighted by atomic mass is 9.80. The fourth-order valence-electron chi connectivity index (χ4n) is 3.23. The minimum absolute atomic E-state index is 0.106. The lowest BCUT2D eigenvalue weighted by Crippen LogP contribution is -2.19. The van der Waals surface area contributed by atoms with Crippen LogP contribution in [0.1, 0.15) is 41.3 Å². The number of carbonyl (C=O) groups excluding carboxylic acids is 1. The fraction of sp³-hybridized carbons (Fsp3) is 0.182. The summed E-state index contributed by atoms with van der Waals surface area (Å²) in [6, 6.07) is 19.0. The molecule has 5 heteroatoms. The molecule has 27 heavy (non-hydrogen) atoms. The molecule has 5 nitrogen and oxygen atoms in total. The van der Waals surface area contributed by atoms with Gasteiger partial charge in [-0.3, -0.25) is 0 Å². The standard InChI is InChI=1S/C22H20N2O3/c1-3-26-22(25)17-11-9-16(10-12-17)20-18(13-23)21(24)27-14(2)19(20)15-7-5-4-6-8-15/h4-12,20H,3,24H2,1-2H3/t20-/m1/s1. The minimum atomic E-state index is -0.374. The summed E-state index contributed by atoms with van der Waals surface area (Å²) in [4.78, 5) is 11.9. The molecule has 0 aromatic heterocycles. The van der Waals surface area contributed by atoms with E-state index in [0.717, 1.165) is 16.7 Å². The van der Waals surface area contributed by atoms with Crippen molar-refractivity contribution in [3.05, 3.63) is 88.5 Å². The van der Waals surface area contributed by atoms with Gasteiger partial charge in [-0.05, 0) is 37.1 Å². The maximum absolute atomic E-state index is 11.9. The van der Waals surface area contributed by atoms with Crippen LogP contribution in [-0.2, 0) is 9.47 Å². The van der Waals surface area contributed by atoms with Gasteiger partial charge in [0.05, 0.1) is 18.1 Å². The smallest absolute Gasteiger partial charge is 0.338 e. The van der Waals surface area contributed by atoms with Gasteiger partial charge >= 0.3 is 5.97 Å². The first-order valence-corrected chi connectivity index (χ1v) is 8.67. The zero-order valence-corrected chi connectivity index (χ0v) is 15.2. The van der Waals surface area contributed by atoms with Gasteiger partial charge in [0.1, 0.15) is 17.4 Å². The number of nitrogens with two attached hydrogens (primary N) is 1. The molecule has 0 aliphatic carbocycles. The molecule has 0 unspecified atom stereocenters. The second-order valence-corrected chi connectivity index (χ2v) is 6.10. The third-order valence-electron chi connectivity index (χ3n) is 4.45. The summed E-state index contributed by atoms with van der Waals surface area (Å²) < 4.78 is 10.7. The Morgan fingerprint density at radius 1 is 1.19 bits per heavy atom. The lowest BCUT2D eigenvalue weighted by Gasteiger charge is -2.28. The van der Waals surface area contributed by atoms with Crippen LogP contribution in [0.2, 0.25) is 0 Å². The summed E-state index contributed by atoms with van der Waals surface area (Å²) in [5.41, 5.74) is 9.49. The van der Waals surface area contributed by atoms with E-state index < -0.39 is 0 Å². The van der Waals surface area contributed by atoms with Gasteiger partial charge in [-0.2, -0.15) is 5.26 Å². The van der Waals surface area contributed by atoms with E-state index in [1.165, 1.54) is 0 Å². The van der Waals surface area contributed by atoms with Crippen molar-refractivity contribution < 1.29 is 14.3 Å². The molecule has 0 saturated carbocycles. The van der Waals surface area contributed by atoms with Crippen molar-refractivity contribution in [2.75, 3.05) is 6.61 Å². The summed E-state index contributed by atoms with van der Waals surface area (Å²) >= 11 is 0. The Morgan fingerprint density at radius 2 is 1.85 bits per heavy atom. The molecule has 0 amide bonds. The van der Waals surface area contributed by atoms with E-state index in [0.29, 0.717) is 23.5 Å². The van der Waals surface area contributed by atoms with Gasteiger partial charge in [0.15, 0.2) is 0 Å². The highest BCUT2D eigenvalue weighted by Crippen LogP contribution is 2.44. The predicted molar refractivity (Wildman–Crippen MR) is 102 cm³/mol. The Balaban J connectivity index is 2.09. The van der Waals surface area contributed by atoms with Gasteiger partial charge in [0, 0.05) is 5.57 Å². The summed E-state index contributed by atoms with van der Waals surface area (Å²) in [5.74, 6) is 0.00955. The number of ether oxygens (including phenoxy) is 2.